The highest BCUT2D eigenvalue weighted by Crippen LogP contribution is 2.07. The number of aromatic nitrogens is 2. The molecule has 19 heavy (non-hydrogen) atoms. The number of carbonyl (C=O) groups excluding carboxylic acids is 1. The minimum absolute atomic E-state index is 0.0568. The molecule has 0 saturated carbocycles. The van der Waals surface area contributed by atoms with Gasteiger partial charge in [0.1, 0.15) is 0 Å². The van der Waals surface area contributed by atoms with E-state index in [2.05, 4.69) is 5.27 Å². The molecule has 0 aromatic carbocycles. The fraction of sp³-hybridized carbons (Fsp3) is 0.667. The van der Waals surface area contributed by atoms with Gasteiger partial charge in [0.2, 0.25) is 21.6 Å². The van der Waals surface area contributed by atoms with Crippen molar-refractivity contribution in [2.45, 2.75) is 6.92 Å². The number of nitrogens with zero attached hydrogens (tertiary/aromatic N) is 4. The second-order valence-electron chi connectivity index (χ2n) is 4.08. The van der Waals surface area contributed by atoms with Crippen LogP contribution in [-0.2, 0) is 10.0 Å². The van der Waals surface area contributed by atoms with Crippen LogP contribution in [0.3, 0.4) is 0 Å². The van der Waals surface area contributed by atoms with Gasteiger partial charge in [-0.2, -0.15) is 4.31 Å². The third-order valence-electron chi connectivity index (χ3n) is 3.04. The van der Waals surface area contributed by atoms with Crippen LogP contribution in [0.2, 0.25) is 0 Å². The van der Waals surface area contributed by atoms with Crippen LogP contribution in [0.5, 0.6) is 0 Å². The Labute approximate surface area is 110 Å². The Hall–Kier alpha value is -1.68. The summed E-state index contributed by atoms with van der Waals surface area (Å²) in [6.07, 6.45) is 0.557. The van der Waals surface area contributed by atoms with Crippen molar-refractivity contribution < 1.29 is 22.5 Å². The number of nitrogens with two attached hydrogens (primary N) is 1. The van der Waals surface area contributed by atoms with Crippen LogP contribution in [-0.4, -0.2) is 56.2 Å². The maximum Gasteiger partial charge on any atom is 0.370 e. The Morgan fingerprint density at radius 2 is 2.05 bits per heavy atom. The molecule has 2 heterocycles. The highest BCUT2D eigenvalue weighted by atomic mass is 32.2. The summed E-state index contributed by atoms with van der Waals surface area (Å²) in [7, 11) is -3.18. The Kier molecular flexibility index (Phi) is 3.71. The first-order chi connectivity index (χ1) is 8.99. The minimum Gasteiger partial charge on any atom is -0.361 e. The van der Waals surface area contributed by atoms with E-state index in [1.807, 2.05) is 0 Å². The monoisotopic (exact) mass is 290 g/mol. The average molecular weight is 290 g/mol. The van der Waals surface area contributed by atoms with Gasteiger partial charge in [0.15, 0.2) is 0 Å². The standard InChI is InChI=1S/C9H15N5O4S/c1-2-19(16,17)13-5-3-12(4-6-13)14-8(7-15)9(10)18-11-14/h7H,2-6H2,1H3,(H-,10,11,15)/p+1. The van der Waals surface area contributed by atoms with Crippen molar-refractivity contribution >= 4 is 22.2 Å². The molecule has 106 valence electrons. The molecule has 1 fully saturated rings. The summed E-state index contributed by atoms with van der Waals surface area (Å²) in [5, 5.41) is 5.37. The summed E-state index contributed by atoms with van der Waals surface area (Å²) in [6.45, 7) is 3.12. The number of hydrogen-bond donors (Lipinski definition) is 1. The van der Waals surface area contributed by atoms with Gasteiger partial charge in [-0.25, -0.2) is 8.42 Å². The van der Waals surface area contributed by atoms with Gasteiger partial charge in [-0.1, -0.05) is 0 Å². The summed E-state index contributed by atoms with van der Waals surface area (Å²) >= 11 is 0. The Morgan fingerprint density at radius 1 is 1.42 bits per heavy atom. The van der Waals surface area contributed by atoms with Gasteiger partial charge in [0.25, 0.3) is 0 Å². The highest BCUT2D eigenvalue weighted by molar-refractivity contribution is 7.89. The van der Waals surface area contributed by atoms with E-state index in [1.54, 1.807) is 11.9 Å². The Morgan fingerprint density at radius 3 is 2.58 bits per heavy atom. The molecular formula is C9H16N5O4S+. The molecule has 0 bridgehead atoms. The second kappa shape index (κ2) is 5.13. The van der Waals surface area contributed by atoms with Crippen LogP contribution in [0.4, 0.5) is 5.88 Å². The molecule has 1 aromatic rings. The molecule has 9 nitrogen and oxygen atoms in total. The lowest BCUT2D eigenvalue weighted by Crippen LogP contribution is -2.67. The van der Waals surface area contributed by atoms with Crippen LogP contribution in [0, 0.1) is 0 Å². The van der Waals surface area contributed by atoms with Gasteiger partial charge in [0, 0.05) is 13.1 Å². The third-order valence-corrected chi connectivity index (χ3v) is 4.92. The smallest absolute Gasteiger partial charge is 0.361 e. The minimum atomic E-state index is -3.18. The van der Waals surface area contributed by atoms with Gasteiger partial charge in [0.05, 0.1) is 23.6 Å². The molecule has 1 aromatic heterocycles. The number of aldehydes is 1. The zero-order chi connectivity index (χ0) is 14.0. The Bertz CT molecular complexity index is 561. The quantitative estimate of drug-likeness (QED) is 0.502. The van der Waals surface area contributed by atoms with E-state index in [0.29, 0.717) is 32.5 Å². The molecule has 1 aliphatic rings. The van der Waals surface area contributed by atoms with Gasteiger partial charge in [-0.3, -0.25) is 9.32 Å². The first-order valence-corrected chi connectivity index (χ1v) is 7.46. The maximum absolute atomic E-state index is 11.7. The number of nitrogen functional groups attached to an aromatic ring is 1. The van der Waals surface area contributed by atoms with E-state index in [9.17, 15) is 13.2 Å². The van der Waals surface area contributed by atoms with Gasteiger partial charge in [-0.15, -0.1) is 5.01 Å². The predicted octanol–water partition coefficient (Wildman–Crippen LogP) is -2.04. The number of sulfonamides is 1. The third kappa shape index (κ3) is 2.54. The van der Waals surface area contributed by atoms with Crippen molar-refractivity contribution in [2.24, 2.45) is 0 Å². The lowest BCUT2D eigenvalue weighted by atomic mass is 10.4. The van der Waals surface area contributed by atoms with Crippen LogP contribution in [0.25, 0.3) is 0 Å². The number of anilines is 1. The normalized spacial score (nSPS) is 17.6. The largest absolute Gasteiger partial charge is 0.370 e. The van der Waals surface area contributed by atoms with Crippen molar-refractivity contribution in [1.29, 1.82) is 0 Å². The molecule has 1 aliphatic heterocycles. The molecule has 0 radical (unpaired) electrons. The van der Waals surface area contributed by atoms with Gasteiger partial charge < -0.3 is 5.73 Å². The van der Waals surface area contributed by atoms with Crippen molar-refractivity contribution in [2.75, 3.05) is 42.7 Å². The Balaban J connectivity index is 2.10. The van der Waals surface area contributed by atoms with E-state index in [0.717, 1.165) is 0 Å². The van der Waals surface area contributed by atoms with Crippen LogP contribution < -0.4 is 15.5 Å². The van der Waals surface area contributed by atoms with E-state index >= 15 is 0 Å². The zero-order valence-electron chi connectivity index (χ0n) is 10.5. The molecule has 0 unspecified atom stereocenters. The SMILES string of the molecule is CCS(=O)(=O)N1CCN([n+]2noc(N)c2C=O)CC1. The number of piperazine rings is 1. The van der Waals surface area contributed by atoms with E-state index < -0.39 is 10.0 Å². The summed E-state index contributed by atoms with van der Waals surface area (Å²) in [5.41, 5.74) is 5.59. The number of rotatable bonds is 4. The van der Waals surface area contributed by atoms with Gasteiger partial charge >= 0.3 is 11.6 Å². The summed E-state index contributed by atoms with van der Waals surface area (Å²) in [5.74, 6) is 0.0232. The summed E-state index contributed by atoms with van der Waals surface area (Å²) in [4.78, 5) is 12.2. The summed E-state index contributed by atoms with van der Waals surface area (Å²) < 4.78 is 29.6. The van der Waals surface area contributed by atoms with Crippen molar-refractivity contribution in [3.63, 3.8) is 0 Å². The molecule has 0 aliphatic carbocycles. The fourth-order valence-corrected chi connectivity index (χ4v) is 2.99. The molecule has 0 spiro atoms. The first-order valence-electron chi connectivity index (χ1n) is 5.85. The predicted molar refractivity (Wildman–Crippen MR) is 65.5 cm³/mol. The van der Waals surface area contributed by atoms with Gasteiger partial charge in [-0.05, 0) is 6.92 Å². The molecule has 2 rings (SSSR count). The lowest BCUT2D eigenvalue weighted by Gasteiger charge is -2.29. The van der Waals surface area contributed by atoms with Crippen LogP contribution in [0.15, 0.2) is 4.52 Å². The zero-order valence-corrected chi connectivity index (χ0v) is 11.3. The highest BCUT2D eigenvalue weighted by Gasteiger charge is 2.34. The number of hydrogen-bond acceptors (Lipinski definition) is 7. The van der Waals surface area contributed by atoms with E-state index in [4.69, 9.17) is 10.3 Å². The van der Waals surface area contributed by atoms with Crippen LogP contribution >= 0.6 is 0 Å². The molecular weight excluding hydrogens is 274 g/mol. The molecule has 10 heteroatoms. The van der Waals surface area contributed by atoms with Crippen molar-refractivity contribution in [3.05, 3.63) is 5.69 Å². The number of carbonyl (C=O) groups is 1. The average Bonchev–Trinajstić information content (AvgIpc) is 2.80. The first kappa shape index (κ1) is 13.7. The lowest BCUT2D eigenvalue weighted by molar-refractivity contribution is -0.760. The molecule has 0 amide bonds. The molecule has 2 N–H and O–H groups in total. The molecule has 1 saturated heterocycles. The van der Waals surface area contributed by atoms with Crippen molar-refractivity contribution in [1.82, 2.24) is 9.58 Å². The van der Waals surface area contributed by atoms with E-state index in [1.165, 1.54) is 9.10 Å². The molecule has 0 atom stereocenters. The fourth-order valence-electron chi connectivity index (χ4n) is 1.91. The van der Waals surface area contributed by atoms with Crippen LogP contribution in [0.1, 0.15) is 17.4 Å². The second-order valence-corrected chi connectivity index (χ2v) is 6.34. The maximum atomic E-state index is 11.7. The van der Waals surface area contributed by atoms with Crippen molar-refractivity contribution in [3.8, 4) is 0 Å². The van der Waals surface area contributed by atoms with E-state index in [-0.39, 0.29) is 17.3 Å². The summed E-state index contributed by atoms with van der Waals surface area (Å²) in [6, 6.07) is 0. The topological polar surface area (TPSA) is 114 Å².